The summed E-state index contributed by atoms with van der Waals surface area (Å²) in [7, 11) is 3.19. The molecule has 0 aliphatic carbocycles. The third kappa shape index (κ3) is 4.49. The molecule has 10 heteroatoms. The average molecular weight is 440 g/mol. The third-order valence-corrected chi connectivity index (χ3v) is 5.31. The highest BCUT2D eigenvalue weighted by molar-refractivity contribution is 7.90. The van der Waals surface area contributed by atoms with Crippen LogP contribution >= 0.6 is 0 Å². The van der Waals surface area contributed by atoms with Crippen molar-refractivity contribution in [2.24, 2.45) is 0 Å². The van der Waals surface area contributed by atoms with Crippen LogP contribution in [0.4, 0.5) is 18.9 Å². The Morgan fingerprint density at radius 3 is 2.57 bits per heavy atom. The summed E-state index contributed by atoms with van der Waals surface area (Å²) in [6, 6.07) is 9.82. The first-order valence-corrected chi connectivity index (χ1v) is 10.0. The second-order valence-corrected chi connectivity index (χ2v) is 7.67. The van der Waals surface area contributed by atoms with E-state index in [9.17, 15) is 22.5 Å². The van der Waals surface area contributed by atoms with E-state index < -0.39 is 29.0 Å². The van der Waals surface area contributed by atoms with Crippen LogP contribution < -0.4 is 14.4 Å². The molecule has 3 rings (SSSR count). The Labute approximate surface area is 173 Å². The number of para-hydroxylation sites is 1. The molecule has 3 aromatic rings. The predicted molar refractivity (Wildman–Crippen MR) is 107 cm³/mol. The first-order chi connectivity index (χ1) is 14.1. The van der Waals surface area contributed by atoms with E-state index in [1.165, 1.54) is 17.0 Å². The zero-order chi connectivity index (χ0) is 22.1. The Hall–Kier alpha value is -2.85. The minimum absolute atomic E-state index is 0.0980. The number of rotatable bonds is 6. The van der Waals surface area contributed by atoms with Crippen LogP contribution in [-0.2, 0) is 17.5 Å². The van der Waals surface area contributed by atoms with E-state index in [1.54, 1.807) is 39.2 Å². The number of amides is 1. The topological polar surface area (TPSA) is 77.8 Å². The molecule has 0 saturated heterocycles. The lowest BCUT2D eigenvalue weighted by Gasteiger charge is -2.15. The molecule has 1 aromatic heterocycles. The molecule has 0 radical (unpaired) electrons. The fourth-order valence-electron chi connectivity index (χ4n) is 2.80. The third-order valence-electron chi connectivity index (χ3n) is 4.20. The van der Waals surface area contributed by atoms with Crippen molar-refractivity contribution in [3.05, 3.63) is 53.8 Å². The number of nitrogens with zero attached hydrogens (tertiary/aromatic N) is 1. The SMILES string of the molecule is CCOc1ccccc1[S+]([O-])NC(=O)c1cc2c(C(F)(F)F)cc(N(C)C)cc2o1. The average Bonchev–Trinajstić information content (AvgIpc) is 3.11. The number of halogens is 3. The van der Waals surface area contributed by atoms with Crippen molar-refractivity contribution in [2.75, 3.05) is 25.6 Å². The maximum Gasteiger partial charge on any atom is 0.417 e. The molecule has 160 valence electrons. The summed E-state index contributed by atoms with van der Waals surface area (Å²) in [5.41, 5.74) is -0.751. The summed E-state index contributed by atoms with van der Waals surface area (Å²) in [6.07, 6.45) is -4.64. The molecule has 1 atom stereocenters. The van der Waals surface area contributed by atoms with E-state index in [0.717, 1.165) is 12.1 Å². The molecule has 1 amide bonds. The van der Waals surface area contributed by atoms with Gasteiger partial charge in [-0.2, -0.15) is 17.9 Å². The van der Waals surface area contributed by atoms with Crippen molar-refractivity contribution in [3.8, 4) is 5.75 Å². The van der Waals surface area contributed by atoms with Crippen LogP contribution in [0.1, 0.15) is 23.0 Å². The molecule has 1 heterocycles. The van der Waals surface area contributed by atoms with Gasteiger partial charge in [0, 0.05) is 31.2 Å². The summed E-state index contributed by atoms with van der Waals surface area (Å²) in [4.78, 5) is 14.2. The van der Waals surface area contributed by atoms with Gasteiger partial charge in [0.2, 0.25) is 4.90 Å². The number of hydrogen-bond donors (Lipinski definition) is 1. The van der Waals surface area contributed by atoms with Crippen LogP contribution in [0.5, 0.6) is 5.75 Å². The van der Waals surface area contributed by atoms with Crippen molar-refractivity contribution in [3.63, 3.8) is 0 Å². The number of carbonyl (C=O) groups is 1. The largest absolute Gasteiger partial charge is 0.588 e. The summed E-state index contributed by atoms with van der Waals surface area (Å²) < 4.78 is 66.1. The molecule has 0 aliphatic rings. The molecule has 0 saturated carbocycles. The maximum absolute atomic E-state index is 13.5. The van der Waals surface area contributed by atoms with E-state index >= 15 is 0 Å². The fourth-order valence-corrected chi connectivity index (χ4v) is 3.69. The second-order valence-electron chi connectivity index (χ2n) is 6.49. The first-order valence-electron chi connectivity index (χ1n) is 8.88. The standard InChI is InChI=1S/C20H19F3N2O4S/c1-4-28-15-7-5-6-8-18(15)30(27)24-19(26)17-11-13-14(20(21,22)23)9-12(25(2)3)10-16(13)29-17/h5-11H,4H2,1-3H3,(H,24,26). The van der Waals surface area contributed by atoms with E-state index in [0.29, 0.717) is 12.4 Å². The molecular weight excluding hydrogens is 421 g/mol. The normalized spacial score (nSPS) is 12.6. The number of ether oxygens (including phenoxy) is 1. The van der Waals surface area contributed by atoms with Crippen molar-refractivity contribution < 1.29 is 31.7 Å². The van der Waals surface area contributed by atoms with Crippen molar-refractivity contribution in [1.29, 1.82) is 0 Å². The van der Waals surface area contributed by atoms with Crippen LogP contribution in [0, 0.1) is 0 Å². The number of benzene rings is 2. The van der Waals surface area contributed by atoms with Crippen molar-refractivity contribution in [2.45, 2.75) is 18.0 Å². The maximum atomic E-state index is 13.5. The van der Waals surface area contributed by atoms with E-state index in [1.807, 2.05) is 0 Å². The summed E-state index contributed by atoms with van der Waals surface area (Å²) in [5.74, 6) is -0.956. The number of anilines is 1. The number of carbonyl (C=O) groups excluding carboxylic acids is 1. The van der Waals surface area contributed by atoms with Gasteiger partial charge in [0.05, 0.1) is 12.2 Å². The molecule has 30 heavy (non-hydrogen) atoms. The van der Waals surface area contributed by atoms with Gasteiger partial charge < -0.3 is 18.6 Å². The Morgan fingerprint density at radius 1 is 1.23 bits per heavy atom. The van der Waals surface area contributed by atoms with Crippen LogP contribution in [0.25, 0.3) is 11.0 Å². The molecule has 6 nitrogen and oxygen atoms in total. The lowest BCUT2D eigenvalue weighted by molar-refractivity contribution is -0.136. The van der Waals surface area contributed by atoms with Gasteiger partial charge in [-0.15, -0.1) is 0 Å². The summed E-state index contributed by atoms with van der Waals surface area (Å²) in [6.45, 7) is 2.09. The quantitative estimate of drug-likeness (QED) is 0.576. The second kappa shape index (κ2) is 8.49. The zero-order valence-corrected chi connectivity index (χ0v) is 17.2. The molecule has 0 aliphatic heterocycles. The predicted octanol–water partition coefficient (Wildman–Crippen LogP) is 4.37. The van der Waals surface area contributed by atoms with Crippen LogP contribution in [0.15, 0.2) is 51.8 Å². The summed E-state index contributed by atoms with van der Waals surface area (Å²) in [5, 5.41) is -0.251. The van der Waals surface area contributed by atoms with E-state index in [-0.39, 0.29) is 27.3 Å². The minimum atomic E-state index is -4.64. The van der Waals surface area contributed by atoms with Crippen LogP contribution in [0.2, 0.25) is 0 Å². The molecule has 0 spiro atoms. The van der Waals surface area contributed by atoms with Gasteiger partial charge in [0.1, 0.15) is 16.9 Å². The Kier molecular flexibility index (Phi) is 6.18. The smallest absolute Gasteiger partial charge is 0.417 e. The lowest BCUT2D eigenvalue weighted by atomic mass is 10.1. The Morgan fingerprint density at radius 2 is 1.93 bits per heavy atom. The molecule has 1 N–H and O–H groups in total. The highest BCUT2D eigenvalue weighted by atomic mass is 32.2. The van der Waals surface area contributed by atoms with Gasteiger partial charge in [0.25, 0.3) is 0 Å². The van der Waals surface area contributed by atoms with E-state index in [2.05, 4.69) is 4.72 Å². The highest BCUT2D eigenvalue weighted by Gasteiger charge is 2.35. The number of hydrogen-bond acceptors (Lipinski definition) is 5. The number of alkyl halides is 3. The lowest BCUT2D eigenvalue weighted by Crippen LogP contribution is -2.30. The van der Waals surface area contributed by atoms with Gasteiger partial charge in [-0.25, -0.2) is 0 Å². The molecule has 0 bridgehead atoms. The van der Waals surface area contributed by atoms with E-state index in [4.69, 9.17) is 9.15 Å². The van der Waals surface area contributed by atoms with Crippen LogP contribution in [0.3, 0.4) is 0 Å². The van der Waals surface area contributed by atoms with Gasteiger partial charge in [-0.05, 0) is 31.2 Å². The molecular formula is C20H19F3N2O4S. The molecule has 2 aromatic carbocycles. The first kappa shape index (κ1) is 21.8. The molecule has 0 fully saturated rings. The Balaban J connectivity index is 1.94. The van der Waals surface area contributed by atoms with Gasteiger partial charge in [-0.1, -0.05) is 12.1 Å². The number of fused-ring (bicyclic) bond motifs is 1. The zero-order valence-electron chi connectivity index (χ0n) is 16.4. The number of nitrogens with one attached hydrogen (secondary N) is 1. The van der Waals surface area contributed by atoms with Gasteiger partial charge in [-0.3, -0.25) is 4.79 Å². The van der Waals surface area contributed by atoms with Gasteiger partial charge in [0.15, 0.2) is 11.5 Å². The fraction of sp³-hybridized carbons (Fsp3) is 0.250. The monoisotopic (exact) mass is 440 g/mol. The van der Waals surface area contributed by atoms with Crippen molar-refractivity contribution in [1.82, 2.24) is 4.72 Å². The minimum Gasteiger partial charge on any atom is -0.588 e. The Bertz CT molecular complexity index is 1070. The van der Waals surface area contributed by atoms with Crippen LogP contribution in [-0.4, -0.2) is 31.2 Å². The summed E-state index contributed by atoms with van der Waals surface area (Å²) >= 11 is -2.00. The highest BCUT2D eigenvalue weighted by Crippen LogP contribution is 2.39. The van der Waals surface area contributed by atoms with Crippen molar-refractivity contribution >= 4 is 33.9 Å². The molecule has 1 unspecified atom stereocenters. The number of furan rings is 1. The van der Waals surface area contributed by atoms with Gasteiger partial charge >= 0.3 is 12.1 Å².